The first-order chi connectivity index (χ1) is 33.6. The molecule has 3 nitrogen and oxygen atoms in total. The lowest BCUT2D eigenvalue weighted by Gasteiger charge is -2.27. The Morgan fingerprint density at radius 3 is 1.68 bits per heavy atom. The van der Waals surface area contributed by atoms with E-state index in [1.807, 2.05) is 19.9 Å². The van der Waals surface area contributed by atoms with E-state index in [1.54, 1.807) is 0 Å². The zero-order chi connectivity index (χ0) is 46.4. The highest BCUT2D eigenvalue weighted by Crippen LogP contribution is 2.42. The van der Waals surface area contributed by atoms with Crippen molar-refractivity contribution in [2.24, 2.45) is 0 Å². The molecule has 1 unspecified atom stereocenters. The van der Waals surface area contributed by atoms with Crippen molar-refractivity contribution in [3.05, 3.63) is 242 Å². The molecule has 68 heavy (non-hydrogen) atoms. The Morgan fingerprint density at radius 2 is 0.941 bits per heavy atom. The van der Waals surface area contributed by atoms with Gasteiger partial charge < -0.3 is 15.2 Å². The first-order valence-electron chi connectivity index (χ1n) is 23.6. The van der Waals surface area contributed by atoms with E-state index in [0.717, 1.165) is 45.1 Å². The van der Waals surface area contributed by atoms with E-state index in [2.05, 4.69) is 259 Å². The number of H-pyrrole nitrogens is 1. The number of benzene rings is 10. The van der Waals surface area contributed by atoms with E-state index in [9.17, 15) is 0 Å². The van der Waals surface area contributed by atoms with Gasteiger partial charge in [-0.05, 0) is 142 Å². The van der Waals surface area contributed by atoms with Crippen molar-refractivity contribution in [1.82, 2.24) is 4.98 Å². The van der Waals surface area contributed by atoms with Crippen LogP contribution in [0.2, 0.25) is 0 Å². The average Bonchev–Trinajstić information content (AvgIpc) is 3.80. The predicted octanol–water partition coefficient (Wildman–Crippen LogP) is 18.1. The maximum atomic E-state index is 3.70. The molecule has 11 rings (SSSR count). The molecule has 330 valence electrons. The van der Waals surface area contributed by atoms with Gasteiger partial charge >= 0.3 is 0 Å². The average molecular weight is 896 g/mol. The third-order valence-electron chi connectivity index (χ3n) is 12.8. The number of para-hydroxylation sites is 3. The summed E-state index contributed by atoms with van der Waals surface area (Å²) in [5.74, 6) is 0. The van der Waals surface area contributed by atoms with E-state index < -0.39 is 0 Å². The van der Waals surface area contributed by atoms with Crippen molar-refractivity contribution in [2.45, 2.75) is 20.8 Å². The summed E-state index contributed by atoms with van der Waals surface area (Å²) in [7, 11) is 0.631. The molecule has 0 aliphatic rings. The summed E-state index contributed by atoms with van der Waals surface area (Å²) in [6, 6.07) is 85.6. The lowest BCUT2D eigenvalue weighted by molar-refractivity contribution is 1.28. The molecule has 0 aliphatic carbocycles. The van der Waals surface area contributed by atoms with Crippen molar-refractivity contribution in [3.8, 4) is 55.6 Å². The molecule has 0 aliphatic heterocycles. The number of fused-ring (bicyclic) bond motifs is 3. The number of hydrogen-bond acceptors (Lipinski definition) is 2. The number of anilines is 5. The van der Waals surface area contributed by atoms with Crippen LogP contribution < -0.4 is 15.5 Å². The Kier molecular flexibility index (Phi) is 12.8. The van der Waals surface area contributed by atoms with Crippen LogP contribution >= 0.6 is 8.58 Å². The maximum absolute atomic E-state index is 3.70. The summed E-state index contributed by atoms with van der Waals surface area (Å²) in [5, 5.41) is 7.56. The van der Waals surface area contributed by atoms with E-state index in [-0.39, 0.29) is 0 Å². The molecule has 0 amide bonds. The van der Waals surface area contributed by atoms with Gasteiger partial charge in [-0.2, -0.15) is 0 Å². The van der Waals surface area contributed by atoms with E-state index in [4.69, 9.17) is 0 Å². The maximum Gasteiger partial charge on any atom is 0.0544 e. The second-order valence-electron chi connectivity index (χ2n) is 16.8. The summed E-state index contributed by atoms with van der Waals surface area (Å²) in [6.07, 6.45) is 0. The first kappa shape index (κ1) is 43.9. The normalized spacial score (nSPS) is 11.2. The van der Waals surface area contributed by atoms with Gasteiger partial charge in [0.2, 0.25) is 0 Å². The van der Waals surface area contributed by atoms with Crippen molar-refractivity contribution in [1.29, 1.82) is 0 Å². The monoisotopic (exact) mass is 895 g/mol. The van der Waals surface area contributed by atoms with Crippen LogP contribution in [0.1, 0.15) is 19.4 Å². The Labute approximate surface area is 402 Å². The number of aryl methyl sites for hydroxylation is 1. The molecule has 0 radical (unpaired) electrons. The Morgan fingerprint density at radius 1 is 0.397 bits per heavy atom. The van der Waals surface area contributed by atoms with E-state index in [1.165, 1.54) is 71.7 Å². The molecule has 10 aromatic carbocycles. The van der Waals surface area contributed by atoms with Gasteiger partial charge in [-0.25, -0.2) is 0 Å². The number of aromatic nitrogens is 1. The number of nitrogens with one attached hydrogen (secondary N) is 2. The summed E-state index contributed by atoms with van der Waals surface area (Å²) >= 11 is 0. The third-order valence-corrected chi connectivity index (χ3v) is 13.7. The SMILES string of the molecule is CC.CPc1cc(-c2cccc(-c3cccc4c3[nH]c3ccccc34)c2)ccc1-c1ccc(N(c2ccc(-c3ccccc3C)cc2)c2ccc(Nc3ccccc3)c(-c3ccccc3)c2)cc1. The predicted molar refractivity (Wildman–Crippen MR) is 297 cm³/mol. The minimum atomic E-state index is 0.631. The number of hydrogen-bond donors (Lipinski definition) is 2. The van der Waals surface area contributed by atoms with Crippen LogP contribution in [0.4, 0.5) is 28.4 Å². The van der Waals surface area contributed by atoms with Crippen molar-refractivity contribution < 1.29 is 0 Å². The highest BCUT2D eigenvalue weighted by molar-refractivity contribution is 7.46. The molecule has 1 atom stereocenters. The zero-order valence-corrected chi connectivity index (χ0v) is 40.0. The second-order valence-corrected chi connectivity index (χ2v) is 17.9. The van der Waals surface area contributed by atoms with Crippen LogP contribution in [-0.4, -0.2) is 11.6 Å². The van der Waals surface area contributed by atoms with Gasteiger partial charge in [0.25, 0.3) is 0 Å². The molecule has 2 N–H and O–H groups in total. The first-order valence-corrected chi connectivity index (χ1v) is 25.1. The van der Waals surface area contributed by atoms with Gasteiger partial charge in [0.1, 0.15) is 0 Å². The molecule has 0 fully saturated rings. The van der Waals surface area contributed by atoms with Crippen LogP contribution in [0.3, 0.4) is 0 Å². The third kappa shape index (κ3) is 8.85. The standard InChI is InChI=1S/C62H48N3P.C2H6/c1-42-15-9-10-22-53(42)44-27-32-50(33-28-44)65(52-36-38-60(63-49-20-7-4-8-21-49)58(41-52)43-16-5-3-6-17-43)51-34-29-45(30-35-51)54-37-31-47(40-61(54)66-2)46-18-13-19-48(39-46)55-24-14-25-57-56-23-11-12-26-59(56)64-62(55)57;1-2/h3-41,63-64,66H,1-2H3;1-2H3. The Balaban J connectivity index is 0.00000266. The lowest BCUT2D eigenvalue weighted by atomic mass is 9.96. The lowest BCUT2D eigenvalue weighted by Crippen LogP contribution is -2.10. The highest BCUT2D eigenvalue weighted by Gasteiger charge is 2.18. The quantitative estimate of drug-likeness (QED) is 0.127. The van der Waals surface area contributed by atoms with E-state index in [0.29, 0.717) is 8.58 Å². The molecule has 1 heterocycles. The fourth-order valence-electron chi connectivity index (χ4n) is 9.40. The van der Waals surface area contributed by atoms with Crippen LogP contribution in [-0.2, 0) is 0 Å². The molecule has 1 aromatic heterocycles. The highest BCUT2D eigenvalue weighted by atomic mass is 31.1. The van der Waals surface area contributed by atoms with Crippen LogP contribution in [0.15, 0.2) is 237 Å². The van der Waals surface area contributed by atoms with Gasteiger partial charge in [0, 0.05) is 55.9 Å². The van der Waals surface area contributed by atoms with Crippen LogP contribution in [0, 0.1) is 6.92 Å². The molecule has 11 aromatic rings. The van der Waals surface area contributed by atoms with Crippen molar-refractivity contribution >= 4 is 64.1 Å². The summed E-state index contributed by atoms with van der Waals surface area (Å²) in [6.45, 7) is 8.46. The van der Waals surface area contributed by atoms with Crippen molar-refractivity contribution in [3.63, 3.8) is 0 Å². The fourth-order valence-corrected chi connectivity index (χ4v) is 10.2. The molecular formula is C64H54N3P. The van der Waals surface area contributed by atoms with Crippen LogP contribution in [0.25, 0.3) is 77.4 Å². The molecule has 4 heteroatoms. The summed E-state index contributed by atoms with van der Waals surface area (Å²) in [5.41, 5.74) is 21.0. The topological polar surface area (TPSA) is 31.1 Å². The van der Waals surface area contributed by atoms with Gasteiger partial charge in [-0.3, -0.25) is 0 Å². The second kappa shape index (κ2) is 19.9. The minimum Gasteiger partial charge on any atom is -0.355 e. The Bertz CT molecular complexity index is 3480. The fraction of sp³-hybridized carbons (Fsp3) is 0.0625. The zero-order valence-electron chi connectivity index (χ0n) is 39.0. The number of rotatable bonds is 11. The summed E-state index contributed by atoms with van der Waals surface area (Å²) < 4.78 is 0. The van der Waals surface area contributed by atoms with Crippen LogP contribution in [0.5, 0.6) is 0 Å². The molecule has 0 bridgehead atoms. The minimum absolute atomic E-state index is 0.631. The van der Waals surface area contributed by atoms with E-state index >= 15 is 0 Å². The largest absolute Gasteiger partial charge is 0.355 e. The smallest absolute Gasteiger partial charge is 0.0544 e. The Hall–Kier alpha value is -7.97. The van der Waals surface area contributed by atoms with Crippen molar-refractivity contribution in [2.75, 3.05) is 16.9 Å². The molecule has 0 spiro atoms. The van der Waals surface area contributed by atoms with Gasteiger partial charge in [0.15, 0.2) is 0 Å². The van der Waals surface area contributed by atoms with Gasteiger partial charge in [-0.15, -0.1) is 0 Å². The molecule has 0 saturated heterocycles. The number of aromatic amines is 1. The van der Waals surface area contributed by atoms with Gasteiger partial charge in [-0.1, -0.05) is 186 Å². The summed E-state index contributed by atoms with van der Waals surface area (Å²) in [4.78, 5) is 6.08. The van der Waals surface area contributed by atoms with Gasteiger partial charge in [0.05, 0.1) is 5.52 Å². The molecular weight excluding hydrogens is 842 g/mol. The number of nitrogens with zero attached hydrogens (tertiary/aromatic N) is 1. The molecule has 0 saturated carbocycles.